The van der Waals surface area contributed by atoms with E-state index < -0.39 is 12.1 Å². The minimum atomic E-state index is -0.606. The lowest BCUT2D eigenvalue weighted by Crippen LogP contribution is -2.27. The van der Waals surface area contributed by atoms with Crippen molar-refractivity contribution in [3.63, 3.8) is 0 Å². The molecular formula is C20H31N3O2. The van der Waals surface area contributed by atoms with Gasteiger partial charge in [0.1, 0.15) is 11.7 Å². The number of rotatable bonds is 12. The van der Waals surface area contributed by atoms with Crippen LogP contribution < -0.4 is 0 Å². The van der Waals surface area contributed by atoms with E-state index in [1.165, 1.54) is 32.1 Å². The maximum Gasteiger partial charge on any atom is 0.113 e. The zero-order valence-corrected chi connectivity index (χ0v) is 15.2. The molecule has 2 atom stereocenters. The SMILES string of the molecule is CCCCCCCCC[C@@H](O)[C@H](CO)n1cc(-c2ccccc2)nn1. The first kappa shape index (κ1) is 19.6. The summed E-state index contributed by atoms with van der Waals surface area (Å²) < 4.78 is 1.59. The van der Waals surface area contributed by atoms with Crippen LogP contribution in [0.4, 0.5) is 0 Å². The molecule has 0 radical (unpaired) electrons. The molecule has 1 heterocycles. The third kappa shape index (κ3) is 6.25. The summed E-state index contributed by atoms with van der Waals surface area (Å²) in [6.07, 6.45) is 10.4. The number of aliphatic hydroxyl groups excluding tert-OH is 2. The molecular weight excluding hydrogens is 314 g/mol. The number of benzene rings is 1. The first-order chi connectivity index (χ1) is 12.3. The molecule has 0 unspecified atom stereocenters. The molecule has 5 heteroatoms. The summed E-state index contributed by atoms with van der Waals surface area (Å²) in [4.78, 5) is 0. The molecule has 0 aliphatic carbocycles. The summed E-state index contributed by atoms with van der Waals surface area (Å²) in [6, 6.07) is 9.36. The molecule has 5 nitrogen and oxygen atoms in total. The molecule has 0 fully saturated rings. The van der Waals surface area contributed by atoms with Gasteiger partial charge in [0.15, 0.2) is 0 Å². The predicted octanol–water partition coefficient (Wildman–Crippen LogP) is 3.98. The molecule has 2 rings (SSSR count). The lowest BCUT2D eigenvalue weighted by molar-refractivity contribution is 0.0578. The largest absolute Gasteiger partial charge is 0.394 e. The van der Waals surface area contributed by atoms with Gasteiger partial charge in [0, 0.05) is 5.56 Å². The molecule has 0 saturated carbocycles. The highest BCUT2D eigenvalue weighted by atomic mass is 16.3. The second-order valence-electron chi connectivity index (χ2n) is 6.68. The number of aromatic nitrogens is 3. The average molecular weight is 345 g/mol. The van der Waals surface area contributed by atoms with E-state index in [1.54, 1.807) is 10.9 Å². The molecule has 0 bridgehead atoms. The van der Waals surface area contributed by atoms with Gasteiger partial charge in [-0.2, -0.15) is 0 Å². The fraction of sp³-hybridized carbons (Fsp3) is 0.600. The third-order valence-electron chi connectivity index (χ3n) is 4.65. The van der Waals surface area contributed by atoms with Gasteiger partial charge >= 0.3 is 0 Å². The van der Waals surface area contributed by atoms with Crippen molar-refractivity contribution in [3.05, 3.63) is 36.5 Å². The van der Waals surface area contributed by atoms with Crippen molar-refractivity contribution in [3.8, 4) is 11.3 Å². The maximum atomic E-state index is 10.4. The molecule has 2 aromatic rings. The van der Waals surface area contributed by atoms with Crippen LogP contribution in [0.25, 0.3) is 11.3 Å². The van der Waals surface area contributed by atoms with Crippen molar-refractivity contribution < 1.29 is 10.2 Å². The summed E-state index contributed by atoms with van der Waals surface area (Å²) in [5, 5.41) is 28.4. The third-order valence-corrected chi connectivity index (χ3v) is 4.65. The Morgan fingerprint density at radius 1 is 1.00 bits per heavy atom. The summed E-state index contributed by atoms with van der Waals surface area (Å²) >= 11 is 0. The van der Waals surface area contributed by atoms with Crippen molar-refractivity contribution >= 4 is 0 Å². The highest BCUT2D eigenvalue weighted by Gasteiger charge is 2.21. The lowest BCUT2D eigenvalue weighted by atomic mass is 10.0. The van der Waals surface area contributed by atoms with Crippen LogP contribution in [0.1, 0.15) is 64.3 Å². The van der Waals surface area contributed by atoms with Crippen LogP contribution in [-0.4, -0.2) is 37.9 Å². The molecule has 0 aliphatic heterocycles. The first-order valence-electron chi connectivity index (χ1n) is 9.52. The Bertz CT molecular complexity index is 586. The van der Waals surface area contributed by atoms with E-state index in [2.05, 4.69) is 17.2 Å². The standard InChI is InChI=1S/C20H31N3O2/c1-2-3-4-5-6-7-11-14-20(25)19(16-24)23-15-18(21-22-23)17-12-9-8-10-13-17/h8-10,12-13,15,19-20,24-25H,2-7,11,14,16H2,1H3/t19-,20+/m0/s1. The van der Waals surface area contributed by atoms with E-state index in [9.17, 15) is 10.2 Å². The zero-order valence-electron chi connectivity index (χ0n) is 15.2. The molecule has 0 saturated heterocycles. The zero-order chi connectivity index (χ0) is 17.9. The van der Waals surface area contributed by atoms with Crippen LogP contribution in [0.5, 0.6) is 0 Å². The Morgan fingerprint density at radius 3 is 2.36 bits per heavy atom. The number of hydrogen-bond acceptors (Lipinski definition) is 4. The van der Waals surface area contributed by atoms with E-state index in [4.69, 9.17) is 0 Å². The number of nitrogens with zero attached hydrogens (tertiary/aromatic N) is 3. The molecule has 1 aromatic heterocycles. The Hall–Kier alpha value is -1.72. The van der Waals surface area contributed by atoms with Gasteiger partial charge in [0.05, 0.1) is 18.9 Å². The second-order valence-corrected chi connectivity index (χ2v) is 6.68. The van der Waals surface area contributed by atoms with Crippen LogP contribution in [0.2, 0.25) is 0 Å². The van der Waals surface area contributed by atoms with E-state index in [0.717, 1.165) is 24.1 Å². The number of hydrogen-bond donors (Lipinski definition) is 2. The van der Waals surface area contributed by atoms with Crippen LogP contribution in [0.3, 0.4) is 0 Å². The van der Waals surface area contributed by atoms with Crippen LogP contribution in [0.15, 0.2) is 36.5 Å². The minimum absolute atomic E-state index is 0.144. The van der Waals surface area contributed by atoms with Crippen molar-refractivity contribution in [2.45, 2.75) is 70.4 Å². The monoisotopic (exact) mass is 345 g/mol. The van der Waals surface area contributed by atoms with Gasteiger partial charge in [0.2, 0.25) is 0 Å². The molecule has 0 spiro atoms. The maximum absolute atomic E-state index is 10.4. The highest BCUT2D eigenvalue weighted by molar-refractivity contribution is 5.57. The minimum Gasteiger partial charge on any atom is -0.394 e. The van der Waals surface area contributed by atoms with Gasteiger partial charge in [-0.1, -0.05) is 87.4 Å². The lowest BCUT2D eigenvalue weighted by Gasteiger charge is -2.20. The van der Waals surface area contributed by atoms with E-state index in [1.807, 2.05) is 30.3 Å². The average Bonchev–Trinajstić information content (AvgIpc) is 3.12. The van der Waals surface area contributed by atoms with Crippen LogP contribution in [0, 0.1) is 0 Å². The van der Waals surface area contributed by atoms with Gasteiger partial charge in [-0.05, 0) is 6.42 Å². The summed E-state index contributed by atoms with van der Waals surface area (Å²) in [7, 11) is 0. The van der Waals surface area contributed by atoms with Gasteiger partial charge in [-0.25, -0.2) is 4.68 Å². The Labute approximate surface area is 150 Å². The Kier molecular flexibility index (Phi) is 8.63. The van der Waals surface area contributed by atoms with Crippen LogP contribution in [-0.2, 0) is 0 Å². The Morgan fingerprint density at radius 2 is 1.68 bits per heavy atom. The molecule has 0 amide bonds. The molecule has 138 valence electrons. The Balaban J connectivity index is 1.81. The van der Waals surface area contributed by atoms with E-state index in [0.29, 0.717) is 6.42 Å². The molecule has 1 aromatic carbocycles. The van der Waals surface area contributed by atoms with Gasteiger partial charge < -0.3 is 10.2 Å². The van der Waals surface area contributed by atoms with Crippen molar-refractivity contribution in [2.24, 2.45) is 0 Å². The van der Waals surface area contributed by atoms with E-state index >= 15 is 0 Å². The van der Waals surface area contributed by atoms with Gasteiger partial charge in [-0.15, -0.1) is 5.10 Å². The van der Waals surface area contributed by atoms with Crippen molar-refractivity contribution in [2.75, 3.05) is 6.61 Å². The predicted molar refractivity (Wildman–Crippen MR) is 100 cm³/mol. The molecule has 25 heavy (non-hydrogen) atoms. The van der Waals surface area contributed by atoms with Crippen molar-refractivity contribution in [1.29, 1.82) is 0 Å². The normalized spacial score (nSPS) is 13.7. The smallest absolute Gasteiger partial charge is 0.113 e. The topological polar surface area (TPSA) is 71.2 Å². The summed E-state index contributed by atoms with van der Waals surface area (Å²) in [6.45, 7) is 2.08. The first-order valence-corrected chi connectivity index (χ1v) is 9.52. The van der Waals surface area contributed by atoms with Crippen molar-refractivity contribution in [1.82, 2.24) is 15.0 Å². The summed E-state index contributed by atoms with van der Waals surface area (Å²) in [5.74, 6) is 0. The van der Waals surface area contributed by atoms with E-state index in [-0.39, 0.29) is 6.61 Å². The fourth-order valence-electron chi connectivity index (χ4n) is 3.06. The molecule has 0 aliphatic rings. The molecule has 2 N–H and O–H groups in total. The number of unbranched alkanes of at least 4 members (excludes halogenated alkanes) is 6. The second kappa shape index (κ2) is 11.0. The fourth-order valence-corrected chi connectivity index (χ4v) is 3.06. The van der Waals surface area contributed by atoms with Gasteiger partial charge in [0.25, 0.3) is 0 Å². The number of aliphatic hydroxyl groups is 2. The van der Waals surface area contributed by atoms with Gasteiger partial charge in [-0.3, -0.25) is 0 Å². The highest BCUT2D eigenvalue weighted by Crippen LogP contribution is 2.21. The van der Waals surface area contributed by atoms with Crippen LogP contribution >= 0.6 is 0 Å². The summed E-state index contributed by atoms with van der Waals surface area (Å²) in [5.41, 5.74) is 1.73. The quantitative estimate of drug-likeness (QED) is 0.571.